The molecule has 1 heterocycles. The number of hydrogen-bond acceptors (Lipinski definition) is 3. The second-order valence-electron chi connectivity index (χ2n) is 4.55. The summed E-state index contributed by atoms with van der Waals surface area (Å²) in [7, 11) is 0. The average Bonchev–Trinajstić information content (AvgIpc) is 2.80. The van der Waals surface area contributed by atoms with Gasteiger partial charge >= 0.3 is 0 Å². The zero-order valence-corrected chi connectivity index (χ0v) is 11.2. The van der Waals surface area contributed by atoms with E-state index in [1.807, 2.05) is 19.1 Å². The lowest BCUT2D eigenvalue weighted by Crippen LogP contribution is -2.12. The number of rotatable bonds is 4. The smallest absolute Gasteiger partial charge is 0.256 e. The molecule has 0 saturated carbocycles. The molecule has 0 fully saturated rings. The quantitative estimate of drug-likeness (QED) is 0.737. The van der Waals surface area contributed by atoms with E-state index in [1.165, 1.54) is 0 Å². The number of aromatic amines is 1. The Balaban J connectivity index is 2.09. The van der Waals surface area contributed by atoms with Crippen molar-refractivity contribution in [3.63, 3.8) is 0 Å². The number of nitrogens with one attached hydrogen (secondary N) is 2. The standard InChI is InChI=1S/C14H18N4O/c1-3-4-11-8-13(18-17-11)16-14(19)10-6-5-9(2)12(15)7-10/h5-8H,3-4,15H2,1-2H3,(H2,16,17,18,19). The lowest BCUT2D eigenvalue weighted by molar-refractivity contribution is 0.102. The highest BCUT2D eigenvalue weighted by atomic mass is 16.1. The topological polar surface area (TPSA) is 83.8 Å². The van der Waals surface area contributed by atoms with Crippen LogP contribution in [-0.2, 0) is 6.42 Å². The molecule has 4 N–H and O–H groups in total. The van der Waals surface area contributed by atoms with Crippen LogP contribution in [0.15, 0.2) is 24.3 Å². The van der Waals surface area contributed by atoms with Gasteiger partial charge in [-0.1, -0.05) is 19.4 Å². The molecule has 2 rings (SSSR count). The van der Waals surface area contributed by atoms with Crippen molar-refractivity contribution in [3.8, 4) is 0 Å². The molecule has 0 aliphatic carbocycles. The molecular formula is C14H18N4O. The van der Waals surface area contributed by atoms with E-state index in [-0.39, 0.29) is 5.91 Å². The first kappa shape index (κ1) is 13.1. The third kappa shape index (κ3) is 3.13. The minimum Gasteiger partial charge on any atom is -0.398 e. The van der Waals surface area contributed by atoms with Crippen LogP contribution in [0.25, 0.3) is 0 Å². The number of amides is 1. The SMILES string of the molecule is CCCc1cc(NC(=O)c2ccc(C)c(N)c2)n[nH]1. The third-order valence-electron chi connectivity index (χ3n) is 2.93. The molecule has 0 spiro atoms. The number of hydrogen-bond donors (Lipinski definition) is 3. The highest BCUT2D eigenvalue weighted by Crippen LogP contribution is 2.15. The fraction of sp³-hybridized carbons (Fsp3) is 0.286. The van der Waals surface area contributed by atoms with Crippen LogP contribution in [0, 0.1) is 6.92 Å². The molecule has 0 radical (unpaired) electrons. The summed E-state index contributed by atoms with van der Waals surface area (Å²) >= 11 is 0. The van der Waals surface area contributed by atoms with Gasteiger partial charge < -0.3 is 11.1 Å². The summed E-state index contributed by atoms with van der Waals surface area (Å²) in [4.78, 5) is 12.0. The molecule has 0 aliphatic rings. The number of carbonyl (C=O) groups excluding carboxylic acids is 1. The van der Waals surface area contributed by atoms with E-state index in [9.17, 15) is 4.79 Å². The molecule has 1 amide bonds. The number of benzene rings is 1. The Morgan fingerprint density at radius 2 is 2.21 bits per heavy atom. The molecular weight excluding hydrogens is 240 g/mol. The largest absolute Gasteiger partial charge is 0.398 e. The van der Waals surface area contributed by atoms with E-state index >= 15 is 0 Å². The predicted octanol–water partition coefficient (Wildman–Crippen LogP) is 2.51. The summed E-state index contributed by atoms with van der Waals surface area (Å²) in [6, 6.07) is 7.10. The number of nitrogen functional groups attached to an aromatic ring is 1. The van der Waals surface area contributed by atoms with Gasteiger partial charge in [0, 0.05) is 23.0 Å². The number of anilines is 2. The van der Waals surface area contributed by atoms with Crippen LogP contribution in [0.5, 0.6) is 0 Å². The van der Waals surface area contributed by atoms with Gasteiger partial charge in [-0.3, -0.25) is 9.89 Å². The summed E-state index contributed by atoms with van der Waals surface area (Å²) < 4.78 is 0. The second-order valence-corrected chi connectivity index (χ2v) is 4.55. The summed E-state index contributed by atoms with van der Waals surface area (Å²) in [6.07, 6.45) is 1.95. The maximum Gasteiger partial charge on any atom is 0.256 e. The number of carbonyl (C=O) groups is 1. The van der Waals surface area contributed by atoms with Crippen molar-refractivity contribution in [3.05, 3.63) is 41.1 Å². The zero-order chi connectivity index (χ0) is 13.8. The van der Waals surface area contributed by atoms with Crippen LogP contribution in [0.4, 0.5) is 11.5 Å². The molecule has 5 heteroatoms. The van der Waals surface area contributed by atoms with Crippen LogP contribution in [0.2, 0.25) is 0 Å². The highest BCUT2D eigenvalue weighted by Gasteiger charge is 2.09. The van der Waals surface area contributed by atoms with Gasteiger partial charge in [0.2, 0.25) is 0 Å². The van der Waals surface area contributed by atoms with Crippen LogP contribution < -0.4 is 11.1 Å². The molecule has 0 aliphatic heterocycles. The normalized spacial score (nSPS) is 10.4. The van der Waals surface area contributed by atoms with Crippen molar-refractivity contribution in [1.82, 2.24) is 10.2 Å². The fourth-order valence-electron chi connectivity index (χ4n) is 1.79. The molecule has 0 unspecified atom stereocenters. The molecule has 5 nitrogen and oxygen atoms in total. The van der Waals surface area contributed by atoms with E-state index in [2.05, 4.69) is 22.4 Å². The Hall–Kier alpha value is -2.30. The Morgan fingerprint density at radius 1 is 1.42 bits per heavy atom. The van der Waals surface area contributed by atoms with E-state index in [4.69, 9.17) is 5.73 Å². The zero-order valence-electron chi connectivity index (χ0n) is 11.2. The van der Waals surface area contributed by atoms with E-state index in [0.717, 1.165) is 24.1 Å². The number of aryl methyl sites for hydroxylation is 2. The molecule has 1 aromatic heterocycles. The predicted molar refractivity (Wildman–Crippen MR) is 76.1 cm³/mol. The Labute approximate surface area is 112 Å². The van der Waals surface area contributed by atoms with Crippen molar-refractivity contribution < 1.29 is 4.79 Å². The number of nitrogens with two attached hydrogens (primary N) is 1. The van der Waals surface area contributed by atoms with Crippen molar-refractivity contribution in [1.29, 1.82) is 0 Å². The van der Waals surface area contributed by atoms with Crippen LogP contribution >= 0.6 is 0 Å². The third-order valence-corrected chi connectivity index (χ3v) is 2.93. The summed E-state index contributed by atoms with van der Waals surface area (Å²) in [5.74, 6) is 0.328. The monoisotopic (exact) mass is 258 g/mol. The number of aromatic nitrogens is 2. The van der Waals surface area contributed by atoms with Gasteiger partial charge in [-0.05, 0) is 31.0 Å². The van der Waals surface area contributed by atoms with Crippen molar-refractivity contribution >= 4 is 17.4 Å². The minimum atomic E-state index is -0.207. The van der Waals surface area contributed by atoms with Gasteiger partial charge in [0.1, 0.15) is 0 Å². The first-order valence-electron chi connectivity index (χ1n) is 6.32. The van der Waals surface area contributed by atoms with Crippen molar-refractivity contribution in [2.75, 3.05) is 11.1 Å². The van der Waals surface area contributed by atoms with Gasteiger partial charge in [0.05, 0.1) is 0 Å². The van der Waals surface area contributed by atoms with Gasteiger partial charge in [-0.25, -0.2) is 0 Å². The maximum atomic E-state index is 12.0. The minimum absolute atomic E-state index is 0.207. The van der Waals surface area contributed by atoms with E-state index in [1.54, 1.807) is 12.1 Å². The Bertz CT molecular complexity index is 589. The van der Waals surface area contributed by atoms with Gasteiger partial charge in [-0.2, -0.15) is 5.10 Å². The number of nitrogens with zero attached hydrogens (tertiary/aromatic N) is 1. The van der Waals surface area contributed by atoms with E-state index < -0.39 is 0 Å². The molecule has 19 heavy (non-hydrogen) atoms. The summed E-state index contributed by atoms with van der Waals surface area (Å²) in [6.45, 7) is 4.00. The first-order valence-corrected chi connectivity index (χ1v) is 6.32. The fourth-order valence-corrected chi connectivity index (χ4v) is 1.79. The van der Waals surface area contributed by atoms with Crippen LogP contribution in [-0.4, -0.2) is 16.1 Å². The van der Waals surface area contributed by atoms with Gasteiger partial charge in [-0.15, -0.1) is 0 Å². The number of H-pyrrole nitrogens is 1. The molecule has 1 aromatic carbocycles. The molecule has 0 saturated heterocycles. The lowest BCUT2D eigenvalue weighted by Gasteiger charge is -2.04. The molecule has 2 aromatic rings. The van der Waals surface area contributed by atoms with Crippen molar-refractivity contribution in [2.45, 2.75) is 26.7 Å². The Kier molecular flexibility index (Phi) is 3.85. The van der Waals surface area contributed by atoms with Crippen LogP contribution in [0.1, 0.15) is 35.0 Å². The summed E-state index contributed by atoms with van der Waals surface area (Å²) in [5.41, 5.74) is 8.91. The maximum absolute atomic E-state index is 12.0. The highest BCUT2D eigenvalue weighted by molar-refractivity contribution is 6.04. The van der Waals surface area contributed by atoms with Gasteiger partial charge in [0.15, 0.2) is 5.82 Å². The lowest BCUT2D eigenvalue weighted by atomic mass is 10.1. The molecule has 0 bridgehead atoms. The molecule has 100 valence electrons. The summed E-state index contributed by atoms with van der Waals surface area (Å²) in [5, 5.41) is 9.69. The second kappa shape index (κ2) is 5.56. The Morgan fingerprint density at radius 3 is 2.89 bits per heavy atom. The first-order chi connectivity index (χ1) is 9.10. The van der Waals surface area contributed by atoms with Crippen molar-refractivity contribution in [2.24, 2.45) is 0 Å². The molecule has 0 atom stereocenters. The van der Waals surface area contributed by atoms with Gasteiger partial charge in [0.25, 0.3) is 5.91 Å². The average molecular weight is 258 g/mol. The van der Waals surface area contributed by atoms with E-state index in [0.29, 0.717) is 17.1 Å². The van der Waals surface area contributed by atoms with Crippen LogP contribution in [0.3, 0.4) is 0 Å².